The maximum Gasteiger partial charge on any atom is 0.311 e. The number of amides is 1. The lowest BCUT2D eigenvalue weighted by atomic mass is 9.81. The van der Waals surface area contributed by atoms with Crippen LogP contribution >= 0.6 is 0 Å². The number of rotatable bonds is 2. The van der Waals surface area contributed by atoms with Gasteiger partial charge in [0.25, 0.3) is 0 Å². The summed E-state index contributed by atoms with van der Waals surface area (Å²) in [6, 6.07) is -0.0467. The largest absolute Gasteiger partial charge is 0.481 e. The Bertz CT molecular complexity index is 394. The molecule has 1 heterocycles. The van der Waals surface area contributed by atoms with Gasteiger partial charge in [-0.15, -0.1) is 0 Å². The molecule has 2 rings (SSSR count). The number of carboxylic acid groups (broad SMARTS) is 1. The van der Waals surface area contributed by atoms with E-state index >= 15 is 0 Å². The Morgan fingerprint density at radius 3 is 2.72 bits per heavy atom. The van der Waals surface area contributed by atoms with Gasteiger partial charge in [-0.2, -0.15) is 0 Å². The standard InChI is InChI=1S/C13H20N2O3/c1-13(12(17)18)5-2-6-15(8-13)11(16)9-3-4-10(14)7-9/h3-4,9-10H,2,5-8,14H2,1H3,(H,17,18). The first-order chi connectivity index (χ1) is 8.42. The van der Waals surface area contributed by atoms with Crippen molar-refractivity contribution >= 4 is 11.9 Å². The maximum atomic E-state index is 12.3. The first-order valence-corrected chi connectivity index (χ1v) is 6.38. The highest BCUT2D eigenvalue weighted by Gasteiger charge is 2.40. The number of carbonyl (C=O) groups is 2. The number of hydrogen-bond acceptors (Lipinski definition) is 3. The van der Waals surface area contributed by atoms with Crippen LogP contribution in [0.15, 0.2) is 12.2 Å². The number of nitrogens with two attached hydrogens (primary N) is 1. The van der Waals surface area contributed by atoms with E-state index < -0.39 is 11.4 Å². The lowest BCUT2D eigenvalue weighted by Gasteiger charge is -2.38. The van der Waals surface area contributed by atoms with E-state index in [0.29, 0.717) is 25.9 Å². The van der Waals surface area contributed by atoms with Crippen LogP contribution in [0.4, 0.5) is 0 Å². The van der Waals surface area contributed by atoms with Crippen LogP contribution in [0.1, 0.15) is 26.2 Å². The van der Waals surface area contributed by atoms with Crippen molar-refractivity contribution in [2.75, 3.05) is 13.1 Å². The van der Waals surface area contributed by atoms with Gasteiger partial charge in [0.1, 0.15) is 0 Å². The van der Waals surface area contributed by atoms with Crippen LogP contribution in [-0.4, -0.2) is 41.0 Å². The zero-order chi connectivity index (χ0) is 13.3. The average molecular weight is 252 g/mol. The van der Waals surface area contributed by atoms with Gasteiger partial charge in [-0.3, -0.25) is 9.59 Å². The second-order valence-corrected chi connectivity index (χ2v) is 5.62. The predicted octanol–water partition coefficient (Wildman–Crippen LogP) is 0.603. The van der Waals surface area contributed by atoms with Crippen LogP contribution in [-0.2, 0) is 9.59 Å². The smallest absolute Gasteiger partial charge is 0.311 e. The van der Waals surface area contributed by atoms with Crippen LogP contribution in [0.25, 0.3) is 0 Å². The molecule has 100 valence electrons. The summed E-state index contributed by atoms with van der Waals surface area (Å²) in [4.78, 5) is 25.2. The molecule has 1 aliphatic heterocycles. The predicted molar refractivity (Wildman–Crippen MR) is 66.8 cm³/mol. The molecule has 1 aliphatic carbocycles. The molecular formula is C13H20N2O3. The van der Waals surface area contributed by atoms with E-state index in [1.807, 2.05) is 12.2 Å². The monoisotopic (exact) mass is 252 g/mol. The summed E-state index contributed by atoms with van der Waals surface area (Å²) in [5.41, 5.74) is 4.94. The van der Waals surface area contributed by atoms with Crippen molar-refractivity contribution in [3.63, 3.8) is 0 Å². The summed E-state index contributed by atoms with van der Waals surface area (Å²) in [7, 11) is 0. The SMILES string of the molecule is CC1(C(=O)O)CCCN(C(=O)C2C=CC(N)C2)C1. The molecule has 0 aromatic heterocycles. The normalized spacial score (nSPS) is 35.8. The Labute approximate surface area is 107 Å². The van der Waals surface area contributed by atoms with Crippen molar-refractivity contribution in [1.29, 1.82) is 0 Å². The van der Waals surface area contributed by atoms with Crippen LogP contribution in [0.3, 0.4) is 0 Å². The second kappa shape index (κ2) is 4.72. The molecule has 1 fully saturated rings. The molecule has 0 aromatic rings. The Morgan fingerprint density at radius 2 is 2.17 bits per heavy atom. The zero-order valence-electron chi connectivity index (χ0n) is 10.6. The van der Waals surface area contributed by atoms with E-state index in [-0.39, 0.29) is 17.9 Å². The molecule has 0 spiro atoms. The number of likely N-dealkylation sites (tertiary alicyclic amines) is 1. The van der Waals surface area contributed by atoms with E-state index in [2.05, 4.69) is 0 Å². The fourth-order valence-corrected chi connectivity index (χ4v) is 2.75. The van der Waals surface area contributed by atoms with Crippen molar-refractivity contribution in [3.05, 3.63) is 12.2 Å². The quantitative estimate of drug-likeness (QED) is 0.705. The molecule has 3 atom stereocenters. The van der Waals surface area contributed by atoms with E-state index in [9.17, 15) is 14.7 Å². The number of carboxylic acids is 1. The summed E-state index contributed by atoms with van der Waals surface area (Å²) in [5, 5.41) is 9.23. The number of hydrogen-bond donors (Lipinski definition) is 2. The molecule has 3 N–H and O–H groups in total. The highest BCUT2D eigenvalue weighted by molar-refractivity contribution is 5.83. The van der Waals surface area contributed by atoms with Gasteiger partial charge >= 0.3 is 5.97 Å². The molecule has 1 saturated heterocycles. The summed E-state index contributed by atoms with van der Waals surface area (Å²) >= 11 is 0. The van der Waals surface area contributed by atoms with Gasteiger partial charge in [0.15, 0.2) is 0 Å². The minimum atomic E-state index is -0.821. The highest BCUT2D eigenvalue weighted by atomic mass is 16.4. The lowest BCUT2D eigenvalue weighted by Crippen LogP contribution is -2.49. The van der Waals surface area contributed by atoms with Crippen LogP contribution in [0, 0.1) is 11.3 Å². The molecule has 0 radical (unpaired) electrons. The van der Waals surface area contributed by atoms with E-state index in [1.165, 1.54) is 0 Å². The van der Waals surface area contributed by atoms with Crippen molar-refractivity contribution in [2.24, 2.45) is 17.1 Å². The van der Waals surface area contributed by atoms with E-state index in [1.54, 1.807) is 11.8 Å². The Morgan fingerprint density at radius 1 is 1.44 bits per heavy atom. The third kappa shape index (κ3) is 2.41. The Hall–Kier alpha value is -1.36. The third-order valence-electron chi connectivity index (χ3n) is 3.96. The van der Waals surface area contributed by atoms with Gasteiger partial charge in [-0.1, -0.05) is 12.2 Å². The van der Waals surface area contributed by atoms with Crippen LogP contribution in [0.5, 0.6) is 0 Å². The molecule has 5 heteroatoms. The fourth-order valence-electron chi connectivity index (χ4n) is 2.75. The molecule has 0 bridgehead atoms. The Kier molecular flexibility index (Phi) is 3.43. The Balaban J connectivity index is 2.03. The van der Waals surface area contributed by atoms with Gasteiger partial charge in [0.2, 0.25) is 5.91 Å². The van der Waals surface area contributed by atoms with Crippen LogP contribution < -0.4 is 5.73 Å². The molecule has 5 nitrogen and oxygen atoms in total. The summed E-state index contributed by atoms with van der Waals surface area (Å²) in [5.74, 6) is -0.971. The topological polar surface area (TPSA) is 83.6 Å². The molecule has 0 saturated carbocycles. The highest BCUT2D eigenvalue weighted by Crippen LogP contribution is 2.31. The molecule has 18 heavy (non-hydrogen) atoms. The minimum Gasteiger partial charge on any atom is -0.481 e. The zero-order valence-corrected chi connectivity index (χ0v) is 10.6. The number of piperidine rings is 1. The number of carbonyl (C=O) groups excluding carboxylic acids is 1. The summed E-state index contributed by atoms with van der Waals surface area (Å²) in [6.07, 6.45) is 5.71. The summed E-state index contributed by atoms with van der Waals surface area (Å²) in [6.45, 7) is 2.67. The van der Waals surface area contributed by atoms with Crippen molar-refractivity contribution in [1.82, 2.24) is 4.90 Å². The van der Waals surface area contributed by atoms with E-state index in [4.69, 9.17) is 5.73 Å². The number of nitrogens with zero attached hydrogens (tertiary/aromatic N) is 1. The van der Waals surface area contributed by atoms with Gasteiger partial charge in [0.05, 0.1) is 11.3 Å². The van der Waals surface area contributed by atoms with Gasteiger partial charge in [-0.05, 0) is 26.2 Å². The molecular weight excluding hydrogens is 232 g/mol. The third-order valence-corrected chi connectivity index (χ3v) is 3.96. The van der Waals surface area contributed by atoms with Crippen LogP contribution in [0.2, 0.25) is 0 Å². The fraction of sp³-hybridized carbons (Fsp3) is 0.692. The van der Waals surface area contributed by atoms with Gasteiger partial charge < -0.3 is 15.7 Å². The lowest BCUT2D eigenvalue weighted by molar-refractivity contribution is -0.154. The van der Waals surface area contributed by atoms with Gasteiger partial charge in [-0.25, -0.2) is 0 Å². The number of aliphatic carboxylic acids is 1. The molecule has 3 unspecified atom stereocenters. The molecule has 0 aromatic carbocycles. The second-order valence-electron chi connectivity index (χ2n) is 5.62. The first-order valence-electron chi connectivity index (χ1n) is 6.38. The van der Waals surface area contributed by atoms with Crippen molar-refractivity contribution < 1.29 is 14.7 Å². The van der Waals surface area contributed by atoms with Crippen molar-refractivity contribution in [2.45, 2.75) is 32.2 Å². The molecule has 2 aliphatic rings. The van der Waals surface area contributed by atoms with Gasteiger partial charge in [0, 0.05) is 19.1 Å². The maximum absolute atomic E-state index is 12.3. The van der Waals surface area contributed by atoms with E-state index in [0.717, 1.165) is 6.42 Å². The molecule has 1 amide bonds. The van der Waals surface area contributed by atoms with Crippen molar-refractivity contribution in [3.8, 4) is 0 Å². The minimum absolute atomic E-state index is 0.0198. The summed E-state index contributed by atoms with van der Waals surface area (Å²) < 4.78 is 0. The average Bonchev–Trinajstić information content (AvgIpc) is 2.75. The first kappa shape index (κ1) is 13.1.